The summed E-state index contributed by atoms with van der Waals surface area (Å²) in [6, 6.07) is 8.84. The molecule has 0 unspecified atom stereocenters. The standard InChI is InChI=1S/C24H22N2O6S/c1-13-21(24(28)30-3)16-5-4-14(10-19(16)31-13)32-18-6-8-25-17-11-20(33-22(17)18)23(27)26-9-7-15(12-26)29-2/h4-6,8,10-11,15H,7,9,12H2,1-3H3/t15-/m1/s1. The van der Waals surface area contributed by atoms with E-state index in [-0.39, 0.29) is 12.0 Å². The van der Waals surface area contributed by atoms with Crippen LogP contribution in [0.4, 0.5) is 0 Å². The maximum absolute atomic E-state index is 13.0. The number of thiophene rings is 1. The SMILES string of the molecule is COC(=O)c1c(C)oc2cc(Oc3ccnc4cc(C(=O)N5CC[C@@H](OC)C5)sc34)ccc12. The molecule has 1 amide bonds. The summed E-state index contributed by atoms with van der Waals surface area (Å²) in [5, 5.41) is 0.663. The zero-order valence-electron chi connectivity index (χ0n) is 18.4. The highest BCUT2D eigenvalue weighted by Gasteiger charge is 2.28. The molecule has 0 aliphatic carbocycles. The summed E-state index contributed by atoms with van der Waals surface area (Å²) in [6.07, 6.45) is 2.58. The summed E-state index contributed by atoms with van der Waals surface area (Å²) in [5.41, 5.74) is 1.63. The third-order valence-electron chi connectivity index (χ3n) is 5.81. The Morgan fingerprint density at radius 1 is 1.21 bits per heavy atom. The molecule has 1 saturated heterocycles. The summed E-state index contributed by atoms with van der Waals surface area (Å²) in [5.74, 6) is 1.16. The van der Waals surface area contributed by atoms with Crippen LogP contribution in [-0.4, -0.2) is 55.2 Å². The van der Waals surface area contributed by atoms with Gasteiger partial charge in [-0.25, -0.2) is 4.79 Å². The predicted molar refractivity (Wildman–Crippen MR) is 123 cm³/mol. The molecule has 0 radical (unpaired) electrons. The number of esters is 1. The van der Waals surface area contributed by atoms with E-state index in [1.165, 1.54) is 18.4 Å². The fourth-order valence-electron chi connectivity index (χ4n) is 4.11. The summed E-state index contributed by atoms with van der Waals surface area (Å²) < 4.78 is 22.9. The van der Waals surface area contributed by atoms with Crippen molar-refractivity contribution in [2.75, 3.05) is 27.3 Å². The summed E-state index contributed by atoms with van der Waals surface area (Å²) in [6.45, 7) is 2.99. The van der Waals surface area contributed by atoms with Gasteiger partial charge in [0.2, 0.25) is 0 Å². The molecule has 0 spiro atoms. The second-order valence-electron chi connectivity index (χ2n) is 7.82. The largest absolute Gasteiger partial charge is 0.465 e. The van der Waals surface area contributed by atoms with Crippen LogP contribution in [0.5, 0.6) is 11.5 Å². The Bertz CT molecular complexity index is 1370. The predicted octanol–water partition coefficient (Wildman–Crippen LogP) is 4.79. The number of hydrogen-bond donors (Lipinski definition) is 0. The van der Waals surface area contributed by atoms with Gasteiger partial charge in [0.15, 0.2) is 0 Å². The van der Waals surface area contributed by atoms with Crippen molar-refractivity contribution in [2.45, 2.75) is 19.4 Å². The van der Waals surface area contributed by atoms with Crippen molar-refractivity contribution in [3.8, 4) is 11.5 Å². The van der Waals surface area contributed by atoms with Gasteiger partial charge in [0.25, 0.3) is 5.91 Å². The van der Waals surface area contributed by atoms with E-state index in [0.717, 1.165) is 11.1 Å². The number of likely N-dealkylation sites (tertiary alicyclic amines) is 1. The zero-order chi connectivity index (χ0) is 23.1. The molecule has 8 nitrogen and oxygen atoms in total. The molecular weight excluding hydrogens is 444 g/mol. The van der Waals surface area contributed by atoms with Gasteiger partial charge in [0, 0.05) is 43.9 Å². The molecule has 9 heteroatoms. The smallest absolute Gasteiger partial charge is 0.342 e. The number of pyridine rings is 1. The number of hydrogen-bond acceptors (Lipinski definition) is 8. The lowest BCUT2D eigenvalue weighted by Gasteiger charge is -2.14. The topological polar surface area (TPSA) is 91.1 Å². The van der Waals surface area contributed by atoms with Crippen LogP contribution in [0, 0.1) is 6.92 Å². The van der Waals surface area contributed by atoms with Crippen molar-refractivity contribution in [3.63, 3.8) is 0 Å². The molecule has 3 aromatic heterocycles. The number of nitrogens with zero attached hydrogens (tertiary/aromatic N) is 2. The minimum absolute atomic E-state index is 0.0219. The number of ether oxygens (including phenoxy) is 3. The van der Waals surface area contributed by atoms with E-state index in [9.17, 15) is 9.59 Å². The van der Waals surface area contributed by atoms with Crippen LogP contribution in [0.3, 0.4) is 0 Å². The van der Waals surface area contributed by atoms with E-state index >= 15 is 0 Å². The average molecular weight is 467 g/mol. The first-order chi connectivity index (χ1) is 16.0. The van der Waals surface area contributed by atoms with Crippen LogP contribution in [0.25, 0.3) is 21.2 Å². The second-order valence-corrected chi connectivity index (χ2v) is 8.87. The fraction of sp³-hybridized carbons (Fsp3) is 0.292. The highest BCUT2D eigenvalue weighted by atomic mass is 32.1. The van der Waals surface area contributed by atoms with Gasteiger partial charge >= 0.3 is 5.97 Å². The number of aromatic nitrogens is 1. The van der Waals surface area contributed by atoms with Crippen LogP contribution in [0.15, 0.2) is 40.9 Å². The Morgan fingerprint density at radius 3 is 2.82 bits per heavy atom. The fourth-order valence-corrected chi connectivity index (χ4v) is 5.14. The maximum atomic E-state index is 13.0. The molecule has 4 heterocycles. The summed E-state index contributed by atoms with van der Waals surface area (Å²) >= 11 is 1.36. The van der Waals surface area contributed by atoms with Gasteiger partial charge in [0.1, 0.15) is 28.4 Å². The molecular formula is C24H22N2O6S. The number of fused-ring (bicyclic) bond motifs is 2. The Kier molecular flexibility index (Phi) is 5.51. The molecule has 1 atom stereocenters. The van der Waals surface area contributed by atoms with Gasteiger partial charge in [-0.2, -0.15) is 0 Å². The first-order valence-electron chi connectivity index (χ1n) is 10.5. The van der Waals surface area contributed by atoms with Crippen LogP contribution < -0.4 is 4.74 Å². The van der Waals surface area contributed by atoms with Crippen molar-refractivity contribution < 1.29 is 28.2 Å². The maximum Gasteiger partial charge on any atom is 0.342 e. The Morgan fingerprint density at radius 2 is 2.06 bits per heavy atom. The first-order valence-corrected chi connectivity index (χ1v) is 11.3. The van der Waals surface area contributed by atoms with Crippen molar-refractivity contribution in [2.24, 2.45) is 0 Å². The van der Waals surface area contributed by atoms with Crippen LogP contribution in [-0.2, 0) is 9.47 Å². The summed E-state index contributed by atoms with van der Waals surface area (Å²) in [4.78, 5) is 31.9. The Labute approximate surface area is 193 Å². The van der Waals surface area contributed by atoms with Gasteiger partial charge in [-0.05, 0) is 31.5 Å². The number of carbonyl (C=O) groups excluding carboxylic acids is 2. The molecule has 1 aromatic carbocycles. The van der Waals surface area contributed by atoms with E-state index < -0.39 is 5.97 Å². The van der Waals surface area contributed by atoms with Crippen molar-refractivity contribution in [1.29, 1.82) is 0 Å². The third kappa shape index (κ3) is 3.83. The van der Waals surface area contributed by atoms with Gasteiger partial charge in [-0.3, -0.25) is 9.78 Å². The second kappa shape index (κ2) is 8.49. The molecule has 33 heavy (non-hydrogen) atoms. The van der Waals surface area contributed by atoms with Gasteiger partial charge in [0.05, 0.1) is 28.3 Å². The van der Waals surface area contributed by atoms with Gasteiger partial charge < -0.3 is 23.5 Å². The quantitative estimate of drug-likeness (QED) is 0.391. The molecule has 0 bridgehead atoms. The molecule has 4 aromatic rings. The lowest BCUT2D eigenvalue weighted by molar-refractivity contribution is 0.0600. The third-order valence-corrected chi connectivity index (χ3v) is 6.93. The number of benzene rings is 1. The van der Waals surface area contributed by atoms with Crippen LogP contribution >= 0.6 is 11.3 Å². The Hall–Kier alpha value is -3.43. The van der Waals surface area contributed by atoms with Gasteiger partial charge in [-0.15, -0.1) is 11.3 Å². The van der Waals surface area contributed by atoms with Crippen molar-refractivity contribution in [1.82, 2.24) is 9.88 Å². The number of furan rings is 1. The molecule has 0 saturated carbocycles. The van der Waals surface area contributed by atoms with E-state index in [1.807, 2.05) is 4.90 Å². The number of carbonyl (C=O) groups is 2. The molecule has 1 aliphatic rings. The number of amides is 1. The first kappa shape index (κ1) is 21.4. The monoisotopic (exact) mass is 466 g/mol. The summed E-state index contributed by atoms with van der Waals surface area (Å²) in [7, 11) is 3.01. The Balaban J connectivity index is 1.44. The molecule has 0 N–H and O–H groups in total. The highest BCUT2D eigenvalue weighted by Crippen LogP contribution is 2.37. The molecule has 1 fully saturated rings. The molecule has 1 aliphatic heterocycles. The zero-order valence-corrected chi connectivity index (χ0v) is 19.2. The van der Waals surface area contributed by atoms with E-state index in [0.29, 0.717) is 57.3 Å². The average Bonchev–Trinajstić information content (AvgIpc) is 3.54. The van der Waals surface area contributed by atoms with E-state index in [4.69, 9.17) is 18.6 Å². The minimum Gasteiger partial charge on any atom is -0.465 e. The van der Waals surface area contributed by atoms with Crippen LogP contribution in [0.2, 0.25) is 0 Å². The van der Waals surface area contributed by atoms with Crippen molar-refractivity contribution in [3.05, 3.63) is 52.7 Å². The number of aryl methyl sites for hydroxylation is 1. The normalized spacial score (nSPS) is 16.0. The highest BCUT2D eigenvalue weighted by molar-refractivity contribution is 7.21. The lowest BCUT2D eigenvalue weighted by Crippen LogP contribution is -2.29. The minimum atomic E-state index is -0.443. The number of rotatable bonds is 5. The number of methoxy groups -OCH3 is 2. The molecule has 5 rings (SSSR count). The van der Waals surface area contributed by atoms with E-state index in [1.54, 1.807) is 50.6 Å². The van der Waals surface area contributed by atoms with Crippen molar-refractivity contribution >= 4 is 44.4 Å². The van der Waals surface area contributed by atoms with Gasteiger partial charge in [-0.1, -0.05) is 0 Å². The molecule has 170 valence electrons. The van der Waals surface area contributed by atoms with Crippen LogP contribution in [0.1, 0.15) is 32.2 Å². The lowest BCUT2D eigenvalue weighted by atomic mass is 10.1. The van der Waals surface area contributed by atoms with E-state index in [2.05, 4.69) is 4.98 Å².